The van der Waals surface area contributed by atoms with Crippen LogP contribution in [0.2, 0.25) is 0 Å². The Morgan fingerprint density at radius 1 is 1.07 bits per heavy atom. The van der Waals surface area contributed by atoms with Crippen molar-refractivity contribution >= 4 is 11.9 Å². The lowest BCUT2D eigenvalue weighted by Crippen LogP contribution is -2.39. The van der Waals surface area contributed by atoms with Gasteiger partial charge >= 0.3 is 5.97 Å². The van der Waals surface area contributed by atoms with E-state index >= 15 is 0 Å². The summed E-state index contributed by atoms with van der Waals surface area (Å²) in [4.78, 5) is 26.1. The van der Waals surface area contributed by atoms with E-state index in [9.17, 15) is 14.7 Å². The molecule has 2 aromatic carbocycles. The van der Waals surface area contributed by atoms with Gasteiger partial charge in [0.2, 0.25) is 0 Å². The van der Waals surface area contributed by atoms with Gasteiger partial charge in [-0.1, -0.05) is 24.3 Å². The van der Waals surface area contributed by atoms with Crippen LogP contribution in [0, 0.1) is 0 Å². The molecule has 0 saturated carbocycles. The number of amides is 1. The van der Waals surface area contributed by atoms with Crippen LogP contribution in [0.5, 0.6) is 0 Å². The Bertz CT molecular complexity index is 981. The first-order valence-corrected chi connectivity index (χ1v) is 9.34. The number of carbonyl (C=O) groups excluding carboxylic acids is 1. The zero-order valence-electron chi connectivity index (χ0n) is 15.3. The summed E-state index contributed by atoms with van der Waals surface area (Å²) in [6, 6.07) is 16.4. The zero-order valence-corrected chi connectivity index (χ0v) is 15.3. The summed E-state index contributed by atoms with van der Waals surface area (Å²) < 4.78 is 0. The molecule has 1 amide bonds. The summed E-state index contributed by atoms with van der Waals surface area (Å²) in [6.45, 7) is 1.32. The highest BCUT2D eigenvalue weighted by Gasteiger charge is 2.26. The van der Waals surface area contributed by atoms with E-state index in [0.29, 0.717) is 12.1 Å². The summed E-state index contributed by atoms with van der Waals surface area (Å²) in [7, 11) is 0. The standard InChI is InChI=1S/C22H21N3O3/c26-21(16-8-6-15(7-9-16)20-10-11-23-24-20)25-12-2-5-19(14-25)17-3-1-4-18(13-17)22(27)28/h1,3-4,6-11,13,19H,2,5,12,14H2,(H,23,24)(H,27,28)/t19-/m0/s1. The summed E-state index contributed by atoms with van der Waals surface area (Å²) in [5, 5.41) is 16.1. The minimum Gasteiger partial charge on any atom is -0.478 e. The lowest BCUT2D eigenvalue weighted by Gasteiger charge is -2.33. The number of aromatic nitrogens is 2. The van der Waals surface area contributed by atoms with Crippen molar-refractivity contribution in [3.05, 3.63) is 77.5 Å². The number of hydrogen-bond acceptors (Lipinski definition) is 3. The van der Waals surface area contributed by atoms with Crippen LogP contribution in [-0.4, -0.2) is 45.2 Å². The number of likely N-dealkylation sites (tertiary alicyclic amines) is 1. The first-order valence-electron chi connectivity index (χ1n) is 9.34. The molecule has 6 heteroatoms. The van der Waals surface area contributed by atoms with Crippen molar-refractivity contribution in [2.75, 3.05) is 13.1 Å². The maximum absolute atomic E-state index is 13.0. The second kappa shape index (κ2) is 7.68. The first kappa shape index (κ1) is 18.0. The number of H-pyrrole nitrogens is 1. The Labute approximate surface area is 162 Å². The van der Waals surface area contributed by atoms with Crippen molar-refractivity contribution in [3.63, 3.8) is 0 Å². The SMILES string of the molecule is O=C(O)c1cccc([C@H]2CCCN(C(=O)c3ccc(-c4ccn[nH]4)cc3)C2)c1. The van der Waals surface area contributed by atoms with Gasteiger partial charge in [0.15, 0.2) is 0 Å². The second-order valence-corrected chi connectivity index (χ2v) is 7.07. The Balaban J connectivity index is 1.49. The van der Waals surface area contributed by atoms with Crippen molar-refractivity contribution in [1.29, 1.82) is 0 Å². The number of aromatic carboxylic acids is 1. The quantitative estimate of drug-likeness (QED) is 0.726. The molecule has 6 nitrogen and oxygen atoms in total. The van der Waals surface area contributed by atoms with Crippen molar-refractivity contribution < 1.29 is 14.7 Å². The minimum absolute atomic E-state index is 0.00949. The van der Waals surface area contributed by atoms with Crippen LogP contribution in [0.3, 0.4) is 0 Å². The highest BCUT2D eigenvalue weighted by molar-refractivity contribution is 5.94. The van der Waals surface area contributed by atoms with E-state index in [4.69, 9.17) is 0 Å². The van der Waals surface area contributed by atoms with Crippen LogP contribution >= 0.6 is 0 Å². The van der Waals surface area contributed by atoms with E-state index < -0.39 is 5.97 Å². The van der Waals surface area contributed by atoms with Gasteiger partial charge in [-0.3, -0.25) is 9.89 Å². The van der Waals surface area contributed by atoms with Gasteiger partial charge in [-0.05, 0) is 54.3 Å². The van der Waals surface area contributed by atoms with E-state index in [-0.39, 0.29) is 17.4 Å². The van der Waals surface area contributed by atoms with E-state index in [2.05, 4.69) is 10.2 Å². The molecule has 1 aliphatic heterocycles. The van der Waals surface area contributed by atoms with Gasteiger partial charge in [0, 0.05) is 30.8 Å². The predicted molar refractivity (Wildman–Crippen MR) is 105 cm³/mol. The van der Waals surface area contributed by atoms with E-state index in [1.807, 2.05) is 41.3 Å². The van der Waals surface area contributed by atoms with Crippen molar-refractivity contribution in [1.82, 2.24) is 15.1 Å². The Morgan fingerprint density at radius 3 is 2.61 bits per heavy atom. The molecule has 2 heterocycles. The first-order chi connectivity index (χ1) is 13.6. The molecule has 0 bridgehead atoms. The monoisotopic (exact) mass is 375 g/mol. The number of rotatable bonds is 4. The molecule has 1 atom stereocenters. The van der Waals surface area contributed by atoms with E-state index in [1.54, 1.807) is 24.4 Å². The molecule has 1 fully saturated rings. The number of hydrogen-bond donors (Lipinski definition) is 2. The van der Waals surface area contributed by atoms with Gasteiger partial charge in [0.05, 0.1) is 11.3 Å². The Kier molecular flexibility index (Phi) is 4.93. The number of carbonyl (C=O) groups is 2. The Morgan fingerprint density at radius 2 is 1.89 bits per heavy atom. The number of nitrogens with zero attached hydrogens (tertiary/aromatic N) is 2. The van der Waals surface area contributed by atoms with Gasteiger partial charge in [-0.2, -0.15) is 5.10 Å². The number of piperidine rings is 1. The van der Waals surface area contributed by atoms with E-state index in [1.165, 1.54) is 0 Å². The fourth-order valence-electron chi connectivity index (χ4n) is 3.75. The molecule has 0 aliphatic carbocycles. The number of benzene rings is 2. The zero-order chi connectivity index (χ0) is 19.5. The molecule has 1 aliphatic rings. The summed E-state index contributed by atoms with van der Waals surface area (Å²) >= 11 is 0. The molecule has 4 rings (SSSR count). The third-order valence-electron chi connectivity index (χ3n) is 5.26. The van der Waals surface area contributed by atoms with Crippen LogP contribution in [0.15, 0.2) is 60.8 Å². The van der Waals surface area contributed by atoms with Crippen LogP contribution in [0.25, 0.3) is 11.3 Å². The summed E-state index contributed by atoms with van der Waals surface area (Å²) in [5.74, 6) is -0.764. The minimum atomic E-state index is -0.928. The Hall–Kier alpha value is -3.41. The summed E-state index contributed by atoms with van der Waals surface area (Å²) in [5.41, 5.74) is 3.82. The third-order valence-corrected chi connectivity index (χ3v) is 5.26. The topological polar surface area (TPSA) is 86.3 Å². The molecule has 0 spiro atoms. The number of nitrogens with one attached hydrogen (secondary N) is 1. The highest BCUT2D eigenvalue weighted by Crippen LogP contribution is 2.28. The van der Waals surface area contributed by atoms with Gasteiger partial charge in [-0.25, -0.2) is 4.79 Å². The maximum atomic E-state index is 13.0. The molecule has 0 radical (unpaired) electrons. The fraction of sp³-hybridized carbons (Fsp3) is 0.227. The molecule has 1 saturated heterocycles. The molecule has 3 aromatic rings. The summed E-state index contributed by atoms with van der Waals surface area (Å²) in [6.07, 6.45) is 3.55. The molecular weight excluding hydrogens is 354 g/mol. The average Bonchev–Trinajstić information content (AvgIpc) is 3.28. The van der Waals surface area contributed by atoms with Gasteiger partial charge in [-0.15, -0.1) is 0 Å². The molecule has 2 N–H and O–H groups in total. The molecule has 0 unspecified atom stereocenters. The second-order valence-electron chi connectivity index (χ2n) is 7.07. The normalized spacial score (nSPS) is 16.7. The van der Waals surface area contributed by atoms with Crippen molar-refractivity contribution in [2.45, 2.75) is 18.8 Å². The van der Waals surface area contributed by atoms with Crippen LogP contribution in [-0.2, 0) is 0 Å². The third kappa shape index (κ3) is 3.67. The number of aromatic amines is 1. The maximum Gasteiger partial charge on any atom is 0.335 e. The van der Waals surface area contributed by atoms with Crippen LogP contribution in [0.4, 0.5) is 0 Å². The predicted octanol–water partition coefficient (Wildman–Crippen LogP) is 3.79. The largest absolute Gasteiger partial charge is 0.478 e. The van der Waals surface area contributed by atoms with E-state index in [0.717, 1.165) is 36.2 Å². The molecule has 1 aromatic heterocycles. The van der Waals surface area contributed by atoms with Crippen molar-refractivity contribution in [3.8, 4) is 11.3 Å². The number of carboxylic acid groups (broad SMARTS) is 1. The van der Waals surface area contributed by atoms with Crippen LogP contribution in [0.1, 0.15) is 45.0 Å². The van der Waals surface area contributed by atoms with Crippen molar-refractivity contribution in [2.24, 2.45) is 0 Å². The number of carboxylic acids is 1. The smallest absolute Gasteiger partial charge is 0.335 e. The lowest BCUT2D eigenvalue weighted by molar-refractivity contribution is 0.0688. The van der Waals surface area contributed by atoms with Gasteiger partial charge in [0.25, 0.3) is 5.91 Å². The van der Waals surface area contributed by atoms with Crippen LogP contribution < -0.4 is 0 Å². The fourth-order valence-corrected chi connectivity index (χ4v) is 3.75. The van der Waals surface area contributed by atoms with Gasteiger partial charge in [0.1, 0.15) is 0 Å². The van der Waals surface area contributed by atoms with Gasteiger partial charge < -0.3 is 10.0 Å². The molecule has 28 heavy (non-hydrogen) atoms. The molecular formula is C22H21N3O3. The lowest BCUT2D eigenvalue weighted by atomic mass is 9.89. The average molecular weight is 375 g/mol. The molecule has 142 valence electrons. The highest BCUT2D eigenvalue weighted by atomic mass is 16.4.